The van der Waals surface area contributed by atoms with Gasteiger partial charge in [0, 0.05) is 11.8 Å². The van der Waals surface area contributed by atoms with Crippen molar-refractivity contribution in [3.8, 4) is 0 Å². The number of rotatable bonds is 2. The van der Waals surface area contributed by atoms with Crippen molar-refractivity contribution in [2.24, 2.45) is 11.8 Å². The third-order valence-electron chi connectivity index (χ3n) is 2.89. The molecule has 0 aromatic carbocycles. The second-order valence-electron chi connectivity index (χ2n) is 4.21. The summed E-state index contributed by atoms with van der Waals surface area (Å²) in [5.41, 5.74) is 2.30. The number of hydrogen-bond donors (Lipinski definition) is 0. The quantitative estimate of drug-likeness (QED) is 0.661. The predicted octanol–water partition coefficient (Wildman–Crippen LogP) is 2.39. The zero-order chi connectivity index (χ0) is 11.4. The van der Waals surface area contributed by atoms with Crippen LogP contribution in [0.2, 0.25) is 0 Å². The Hall–Kier alpha value is -1.70. The molecule has 82 valence electrons. The second-order valence-corrected chi connectivity index (χ2v) is 4.21. The molecule has 2 bridgehead atoms. The minimum Gasteiger partial charge on any atom is -0.303 e. The van der Waals surface area contributed by atoms with E-state index in [1.54, 1.807) is 0 Å². The van der Waals surface area contributed by atoms with Crippen molar-refractivity contribution in [1.29, 1.82) is 0 Å². The van der Waals surface area contributed by atoms with Gasteiger partial charge in [0.15, 0.2) is 0 Å². The van der Waals surface area contributed by atoms with Crippen LogP contribution in [0.25, 0.3) is 0 Å². The van der Waals surface area contributed by atoms with Crippen LogP contribution in [-0.2, 0) is 9.59 Å². The first-order valence-electron chi connectivity index (χ1n) is 5.48. The van der Waals surface area contributed by atoms with E-state index in [1.807, 2.05) is 36.5 Å². The summed E-state index contributed by atoms with van der Waals surface area (Å²) in [5, 5.41) is 0. The molecule has 0 saturated heterocycles. The zero-order valence-electron chi connectivity index (χ0n) is 9.00. The van der Waals surface area contributed by atoms with E-state index >= 15 is 0 Å². The van der Waals surface area contributed by atoms with Gasteiger partial charge in [-0.2, -0.15) is 0 Å². The molecule has 0 aromatic rings. The maximum absolute atomic E-state index is 10.9. The van der Waals surface area contributed by atoms with Crippen LogP contribution in [0, 0.1) is 11.8 Å². The average Bonchev–Trinajstić information content (AvgIpc) is 2.50. The molecule has 0 radical (unpaired) electrons. The maximum Gasteiger partial charge on any atom is 0.126 e. The van der Waals surface area contributed by atoms with Gasteiger partial charge in [-0.25, -0.2) is 0 Å². The average molecular weight is 214 g/mol. The molecule has 2 nitrogen and oxygen atoms in total. The lowest BCUT2D eigenvalue weighted by molar-refractivity contribution is -0.112. The molecule has 2 heteroatoms. The summed E-state index contributed by atoms with van der Waals surface area (Å²) in [5.74, 6) is -0.295. The predicted molar refractivity (Wildman–Crippen MR) is 62.8 cm³/mol. The highest BCUT2D eigenvalue weighted by Crippen LogP contribution is 2.26. The van der Waals surface area contributed by atoms with E-state index in [4.69, 9.17) is 0 Å². The standard InChI is InChI=1S/C14H14O2/c15-9-13-6-11-3-1-2-4-12(5-11)7-14(8-13)10-16/h1-4,6-7,9-10,13-14H,5,8H2. The van der Waals surface area contributed by atoms with Gasteiger partial charge in [0.25, 0.3) is 0 Å². The third-order valence-corrected chi connectivity index (χ3v) is 2.89. The minimum absolute atomic E-state index is 0.147. The van der Waals surface area contributed by atoms with E-state index in [-0.39, 0.29) is 11.8 Å². The molecule has 2 aliphatic rings. The van der Waals surface area contributed by atoms with E-state index in [2.05, 4.69) is 0 Å². The van der Waals surface area contributed by atoms with Gasteiger partial charge in [-0.15, -0.1) is 0 Å². The Labute approximate surface area is 95.0 Å². The molecular formula is C14H14O2. The lowest BCUT2D eigenvalue weighted by Crippen LogP contribution is -2.11. The van der Waals surface area contributed by atoms with Crippen molar-refractivity contribution in [3.63, 3.8) is 0 Å². The number of fused-ring (bicyclic) bond motifs is 2. The van der Waals surface area contributed by atoms with Crippen LogP contribution in [0.4, 0.5) is 0 Å². The van der Waals surface area contributed by atoms with Gasteiger partial charge in [0.05, 0.1) is 0 Å². The number of aldehydes is 2. The summed E-state index contributed by atoms with van der Waals surface area (Å²) in [6.45, 7) is 0. The van der Waals surface area contributed by atoms with Gasteiger partial charge in [-0.1, -0.05) is 36.5 Å². The highest BCUT2D eigenvalue weighted by Gasteiger charge is 2.16. The van der Waals surface area contributed by atoms with Gasteiger partial charge in [0.1, 0.15) is 12.6 Å². The van der Waals surface area contributed by atoms with Gasteiger partial charge < -0.3 is 9.59 Å². The van der Waals surface area contributed by atoms with Crippen LogP contribution in [0.3, 0.4) is 0 Å². The Morgan fingerprint density at radius 1 is 0.938 bits per heavy atom. The molecule has 0 aromatic heterocycles. The van der Waals surface area contributed by atoms with Crippen LogP contribution in [0.15, 0.2) is 47.6 Å². The molecule has 0 N–H and O–H groups in total. The van der Waals surface area contributed by atoms with Crippen molar-refractivity contribution in [2.45, 2.75) is 12.8 Å². The first-order chi connectivity index (χ1) is 7.81. The number of hydrogen-bond acceptors (Lipinski definition) is 2. The third kappa shape index (κ3) is 2.45. The molecule has 2 atom stereocenters. The SMILES string of the molecule is O=CC1C=C2C=CC=CC(=CC(C=O)C1)C2. The van der Waals surface area contributed by atoms with Crippen molar-refractivity contribution < 1.29 is 9.59 Å². The molecule has 0 aliphatic heterocycles. The van der Waals surface area contributed by atoms with Crippen LogP contribution in [-0.4, -0.2) is 12.6 Å². The first kappa shape index (κ1) is 10.8. The minimum atomic E-state index is -0.147. The fourth-order valence-corrected chi connectivity index (χ4v) is 2.13. The maximum atomic E-state index is 10.9. The summed E-state index contributed by atoms with van der Waals surface area (Å²) in [6, 6.07) is 0. The van der Waals surface area contributed by atoms with Gasteiger partial charge in [-0.3, -0.25) is 0 Å². The summed E-state index contributed by atoms with van der Waals surface area (Å²) < 4.78 is 0. The Bertz CT molecular complexity index is 372. The topological polar surface area (TPSA) is 34.1 Å². The second kappa shape index (κ2) is 4.88. The largest absolute Gasteiger partial charge is 0.303 e. The van der Waals surface area contributed by atoms with Gasteiger partial charge >= 0.3 is 0 Å². The van der Waals surface area contributed by atoms with Crippen molar-refractivity contribution in [2.75, 3.05) is 0 Å². The molecular weight excluding hydrogens is 200 g/mol. The van der Waals surface area contributed by atoms with E-state index < -0.39 is 0 Å². The first-order valence-corrected chi connectivity index (χ1v) is 5.48. The molecule has 0 saturated carbocycles. The molecule has 2 aliphatic carbocycles. The molecule has 16 heavy (non-hydrogen) atoms. The number of allylic oxidation sites excluding steroid dienone is 8. The van der Waals surface area contributed by atoms with Crippen LogP contribution < -0.4 is 0 Å². The molecule has 0 heterocycles. The zero-order valence-corrected chi connectivity index (χ0v) is 9.00. The van der Waals surface area contributed by atoms with E-state index in [0.717, 1.165) is 30.1 Å². The summed E-state index contributed by atoms with van der Waals surface area (Å²) in [7, 11) is 0. The van der Waals surface area contributed by atoms with Gasteiger partial charge in [-0.05, 0) is 24.0 Å². The van der Waals surface area contributed by atoms with E-state index in [0.29, 0.717) is 6.42 Å². The summed E-state index contributed by atoms with van der Waals surface area (Å²) in [4.78, 5) is 21.8. The number of carbonyl (C=O) groups is 2. The monoisotopic (exact) mass is 214 g/mol. The molecule has 0 spiro atoms. The van der Waals surface area contributed by atoms with Gasteiger partial charge in [0.2, 0.25) is 0 Å². The smallest absolute Gasteiger partial charge is 0.126 e. The Kier molecular flexibility index (Phi) is 3.30. The fraction of sp³-hybridized carbons (Fsp3) is 0.286. The van der Waals surface area contributed by atoms with Crippen LogP contribution >= 0.6 is 0 Å². The lowest BCUT2D eigenvalue weighted by Gasteiger charge is -2.15. The van der Waals surface area contributed by atoms with E-state index in [1.165, 1.54) is 0 Å². The molecule has 0 amide bonds. The molecule has 0 fully saturated rings. The van der Waals surface area contributed by atoms with Crippen molar-refractivity contribution in [1.82, 2.24) is 0 Å². The molecule has 2 unspecified atom stereocenters. The van der Waals surface area contributed by atoms with Crippen molar-refractivity contribution in [3.05, 3.63) is 47.6 Å². The van der Waals surface area contributed by atoms with Crippen LogP contribution in [0.5, 0.6) is 0 Å². The highest BCUT2D eigenvalue weighted by molar-refractivity contribution is 5.63. The highest BCUT2D eigenvalue weighted by atomic mass is 16.1. The Morgan fingerprint density at radius 2 is 1.44 bits per heavy atom. The summed E-state index contributed by atoms with van der Waals surface area (Å²) >= 11 is 0. The lowest BCUT2D eigenvalue weighted by atomic mass is 9.88. The van der Waals surface area contributed by atoms with E-state index in [9.17, 15) is 9.59 Å². The number of carbonyl (C=O) groups excluding carboxylic acids is 2. The Balaban J connectivity index is 2.36. The van der Waals surface area contributed by atoms with Crippen LogP contribution in [0.1, 0.15) is 12.8 Å². The van der Waals surface area contributed by atoms with Crippen molar-refractivity contribution >= 4 is 12.6 Å². The Morgan fingerprint density at radius 3 is 1.88 bits per heavy atom. The normalized spacial score (nSPS) is 28.2. The molecule has 2 rings (SSSR count). The summed E-state index contributed by atoms with van der Waals surface area (Å²) in [6.07, 6.45) is 15.2. The fourth-order valence-electron chi connectivity index (χ4n) is 2.13.